The summed E-state index contributed by atoms with van der Waals surface area (Å²) in [5, 5.41) is 0. The number of rotatable bonds is 2. The zero-order valence-electron chi connectivity index (χ0n) is 13.0. The van der Waals surface area contributed by atoms with E-state index in [2.05, 4.69) is 9.98 Å². The highest BCUT2D eigenvalue weighted by Crippen LogP contribution is 2.20. The molecule has 8 N–H and O–H groups in total. The third-order valence-corrected chi connectivity index (χ3v) is 3.46. The van der Waals surface area contributed by atoms with Crippen LogP contribution in [0.3, 0.4) is 0 Å². The van der Waals surface area contributed by atoms with Crippen LogP contribution in [0.25, 0.3) is 0 Å². The number of hydrogen-bond donors (Lipinski definition) is 4. The molecule has 0 saturated heterocycles. The molecule has 0 radical (unpaired) electrons. The molecule has 0 aliphatic heterocycles. The summed E-state index contributed by atoms with van der Waals surface area (Å²) in [6.45, 7) is 0. The molecule has 1 aliphatic rings. The highest BCUT2D eigenvalue weighted by Gasteiger charge is 2.13. The van der Waals surface area contributed by atoms with Gasteiger partial charge in [-0.1, -0.05) is 0 Å². The van der Waals surface area contributed by atoms with E-state index in [1.807, 2.05) is 24.3 Å². The summed E-state index contributed by atoms with van der Waals surface area (Å²) in [7, 11) is 0. The van der Waals surface area contributed by atoms with Gasteiger partial charge in [-0.15, -0.1) is 0 Å². The van der Waals surface area contributed by atoms with Crippen LogP contribution in [0.1, 0.15) is 0 Å². The fourth-order valence-electron chi connectivity index (χ4n) is 2.18. The van der Waals surface area contributed by atoms with Gasteiger partial charge < -0.3 is 22.9 Å². The lowest BCUT2D eigenvalue weighted by Crippen LogP contribution is -2.22. The van der Waals surface area contributed by atoms with Crippen LogP contribution in [0, 0.1) is 0 Å². The first-order valence-corrected chi connectivity index (χ1v) is 7.35. The molecule has 6 heteroatoms. The van der Waals surface area contributed by atoms with Gasteiger partial charge in [0.05, 0.1) is 34.2 Å². The molecule has 0 bridgehead atoms. The van der Waals surface area contributed by atoms with Crippen LogP contribution in [0.15, 0.2) is 82.1 Å². The van der Waals surface area contributed by atoms with Crippen LogP contribution in [0.2, 0.25) is 0 Å². The molecule has 2 aromatic rings. The molecule has 24 heavy (non-hydrogen) atoms. The Morgan fingerprint density at radius 1 is 0.500 bits per heavy atom. The molecule has 0 atom stereocenters. The smallest absolute Gasteiger partial charge is 0.0888 e. The summed E-state index contributed by atoms with van der Waals surface area (Å²) in [6.07, 6.45) is 3.42. The molecule has 0 amide bonds. The number of nitrogens with two attached hydrogens (primary N) is 4. The molecule has 0 spiro atoms. The normalized spacial score (nSPS) is 17.7. The minimum atomic E-state index is 0.496. The summed E-state index contributed by atoms with van der Waals surface area (Å²) in [6, 6.07) is 14.4. The van der Waals surface area contributed by atoms with Crippen molar-refractivity contribution in [2.75, 3.05) is 11.5 Å². The molecule has 0 unspecified atom stereocenters. The first-order valence-electron chi connectivity index (χ1n) is 7.35. The van der Waals surface area contributed by atoms with Gasteiger partial charge in [0.25, 0.3) is 0 Å². The second-order valence-electron chi connectivity index (χ2n) is 5.38. The summed E-state index contributed by atoms with van der Waals surface area (Å²) >= 11 is 0. The van der Waals surface area contributed by atoms with Gasteiger partial charge in [0.1, 0.15) is 0 Å². The van der Waals surface area contributed by atoms with Crippen molar-refractivity contribution in [1.82, 2.24) is 0 Å². The fraction of sp³-hybridized carbons (Fsp3) is 0. The molecule has 0 saturated carbocycles. The number of hydrogen-bond acceptors (Lipinski definition) is 6. The van der Waals surface area contributed by atoms with Gasteiger partial charge in [0.2, 0.25) is 0 Å². The van der Waals surface area contributed by atoms with E-state index < -0.39 is 0 Å². The van der Waals surface area contributed by atoms with Crippen LogP contribution in [0.4, 0.5) is 22.7 Å². The zero-order valence-corrected chi connectivity index (χ0v) is 13.0. The molecule has 0 aromatic heterocycles. The van der Waals surface area contributed by atoms with Crippen LogP contribution in [-0.4, -0.2) is 11.4 Å². The summed E-state index contributed by atoms with van der Waals surface area (Å²) in [4.78, 5) is 8.97. The van der Waals surface area contributed by atoms with E-state index in [0.717, 1.165) is 11.4 Å². The number of aliphatic imine (C=N–C) groups is 2. The predicted octanol–water partition coefficient (Wildman–Crippen LogP) is 2.40. The number of anilines is 2. The minimum Gasteiger partial charge on any atom is -0.399 e. The van der Waals surface area contributed by atoms with Gasteiger partial charge in [0, 0.05) is 11.4 Å². The number of nitrogens with zero attached hydrogens (tertiary/aromatic N) is 2. The lowest BCUT2D eigenvalue weighted by Gasteiger charge is -2.12. The second-order valence-corrected chi connectivity index (χ2v) is 5.38. The van der Waals surface area contributed by atoms with Crippen molar-refractivity contribution in [2.24, 2.45) is 21.5 Å². The van der Waals surface area contributed by atoms with Crippen molar-refractivity contribution in [3.05, 3.63) is 72.1 Å². The van der Waals surface area contributed by atoms with Gasteiger partial charge in [-0.05, 0) is 60.7 Å². The van der Waals surface area contributed by atoms with Crippen molar-refractivity contribution >= 4 is 34.2 Å². The average Bonchev–Trinajstić information content (AvgIpc) is 2.56. The summed E-state index contributed by atoms with van der Waals surface area (Å²) in [5.74, 6) is 0. The third kappa shape index (κ3) is 3.44. The van der Waals surface area contributed by atoms with E-state index in [9.17, 15) is 0 Å². The van der Waals surface area contributed by atoms with E-state index in [-0.39, 0.29) is 0 Å². The second kappa shape index (κ2) is 6.29. The monoisotopic (exact) mass is 318 g/mol. The van der Waals surface area contributed by atoms with Crippen molar-refractivity contribution in [2.45, 2.75) is 0 Å². The number of nitrogen functional groups attached to an aromatic ring is 2. The quantitative estimate of drug-likeness (QED) is 0.500. The Bertz CT molecular complexity index is 795. The Kier molecular flexibility index (Phi) is 4.03. The van der Waals surface area contributed by atoms with Crippen LogP contribution < -0.4 is 22.9 Å². The standard InChI is InChI=1S/C18H18N6/c19-11-1-5-13(6-2-11)23-17-9-16(22)18(10-15(17)21)24-14-7-3-12(20)4-8-14/h1-10H,19-22H2. The maximum atomic E-state index is 6.09. The molecular weight excluding hydrogens is 300 g/mol. The number of allylic oxidation sites excluding steroid dienone is 2. The largest absolute Gasteiger partial charge is 0.399 e. The SMILES string of the molecule is NC1=CC(=Nc2ccc(N)cc2)C(N)=CC1=Nc1ccc(N)cc1. The third-order valence-electron chi connectivity index (χ3n) is 3.46. The Hall–Kier alpha value is -3.54. The molecule has 3 rings (SSSR count). The fourth-order valence-corrected chi connectivity index (χ4v) is 2.18. The summed E-state index contributed by atoms with van der Waals surface area (Å²) < 4.78 is 0. The molecule has 6 nitrogen and oxygen atoms in total. The maximum Gasteiger partial charge on any atom is 0.0888 e. The Morgan fingerprint density at radius 3 is 1.17 bits per heavy atom. The molecule has 2 aromatic carbocycles. The predicted molar refractivity (Wildman–Crippen MR) is 100 cm³/mol. The van der Waals surface area contributed by atoms with Crippen molar-refractivity contribution in [3.63, 3.8) is 0 Å². The first kappa shape index (κ1) is 15.4. The van der Waals surface area contributed by atoms with Gasteiger partial charge >= 0.3 is 0 Å². The lowest BCUT2D eigenvalue weighted by atomic mass is 10.1. The molecule has 0 fully saturated rings. The van der Waals surface area contributed by atoms with Gasteiger partial charge in [-0.3, -0.25) is 0 Å². The summed E-state index contributed by atoms with van der Waals surface area (Å²) in [5.41, 5.74) is 28.6. The molecule has 120 valence electrons. The first-order chi connectivity index (χ1) is 11.5. The van der Waals surface area contributed by atoms with E-state index in [0.29, 0.717) is 34.2 Å². The van der Waals surface area contributed by atoms with Crippen molar-refractivity contribution < 1.29 is 0 Å². The topological polar surface area (TPSA) is 129 Å². The molecule has 0 heterocycles. The van der Waals surface area contributed by atoms with Crippen LogP contribution in [-0.2, 0) is 0 Å². The maximum absolute atomic E-state index is 6.09. The van der Waals surface area contributed by atoms with Crippen molar-refractivity contribution in [1.29, 1.82) is 0 Å². The van der Waals surface area contributed by atoms with E-state index >= 15 is 0 Å². The average molecular weight is 318 g/mol. The van der Waals surface area contributed by atoms with Crippen LogP contribution in [0.5, 0.6) is 0 Å². The molecular formula is C18H18N6. The highest BCUT2D eigenvalue weighted by molar-refractivity contribution is 6.23. The molecule has 1 aliphatic carbocycles. The van der Waals surface area contributed by atoms with Crippen LogP contribution >= 0.6 is 0 Å². The lowest BCUT2D eigenvalue weighted by molar-refractivity contribution is 1.36. The Labute approximate surface area is 139 Å². The van der Waals surface area contributed by atoms with E-state index in [1.165, 1.54) is 0 Å². The van der Waals surface area contributed by atoms with Gasteiger partial charge in [-0.2, -0.15) is 0 Å². The Morgan fingerprint density at radius 2 is 0.833 bits per heavy atom. The minimum absolute atomic E-state index is 0.496. The number of benzene rings is 2. The zero-order chi connectivity index (χ0) is 17.1. The van der Waals surface area contributed by atoms with Gasteiger partial charge in [0.15, 0.2) is 0 Å². The highest BCUT2D eigenvalue weighted by atomic mass is 14.8. The van der Waals surface area contributed by atoms with Gasteiger partial charge in [-0.25, -0.2) is 9.98 Å². The van der Waals surface area contributed by atoms with E-state index in [1.54, 1.807) is 36.4 Å². The Balaban J connectivity index is 1.91. The van der Waals surface area contributed by atoms with E-state index in [4.69, 9.17) is 22.9 Å². The van der Waals surface area contributed by atoms with Crippen molar-refractivity contribution in [3.8, 4) is 0 Å².